The molecule has 0 fully saturated rings. The molecule has 1 aromatic carbocycles. The summed E-state index contributed by atoms with van der Waals surface area (Å²) in [6.45, 7) is 6.54. The zero-order chi connectivity index (χ0) is 16.3. The Balaban J connectivity index is 2.38. The Morgan fingerprint density at radius 1 is 1.36 bits per heavy atom. The third kappa shape index (κ3) is 2.96. The van der Waals surface area contributed by atoms with Crippen LogP contribution in [0.4, 0.5) is 0 Å². The molecule has 0 unspecified atom stereocenters. The van der Waals surface area contributed by atoms with Crippen molar-refractivity contribution in [3.8, 4) is 5.75 Å². The Morgan fingerprint density at radius 2 is 2.05 bits per heavy atom. The Hall–Kier alpha value is -1.59. The fourth-order valence-electron chi connectivity index (χ4n) is 2.61. The molecule has 0 saturated carbocycles. The van der Waals surface area contributed by atoms with E-state index in [0.717, 1.165) is 39.1 Å². The highest BCUT2D eigenvalue weighted by Gasteiger charge is 2.28. The molecule has 0 spiro atoms. The van der Waals surface area contributed by atoms with Gasteiger partial charge in [-0.3, -0.25) is 4.79 Å². The average Bonchev–Trinajstić information content (AvgIpc) is 2.89. The standard InChI is InChI=1S/C17H24N2O2S/c1-5-17(6-2,10-18)19-16(20)15-11(3)13-9-12(21-4)7-8-14(13)22-15/h7-9H,5-6,10,18H2,1-4H3,(H,19,20). The first-order valence-electron chi connectivity index (χ1n) is 7.60. The second-order valence-corrected chi connectivity index (χ2v) is 6.62. The van der Waals surface area contributed by atoms with Crippen LogP contribution in [0.15, 0.2) is 18.2 Å². The van der Waals surface area contributed by atoms with E-state index in [2.05, 4.69) is 19.2 Å². The van der Waals surface area contributed by atoms with E-state index in [1.165, 1.54) is 11.3 Å². The number of benzene rings is 1. The van der Waals surface area contributed by atoms with Crippen LogP contribution in [0.5, 0.6) is 5.75 Å². The molecule has 22 heavy (non-hydrogen) atoms. The number of ether oxygens (including phenoxy) is 1. The van der Waals surface area contributed by atoms with Crippen molar-refractivity contribution < 1.29 is 9.53 Å². The Kier molecular flexibility index (Phi) is 5.08. The van der Waals surface area contributed by atoms with Gasteiger partial charge in [0.25, 0.3) is 5.91 Å². The fourth-order valence-corrected chi connectivity index (χ4v) is 3.69. The number of amides is 1. The van der Waals surface area contributed by atoms with Crippen molar-refractivity contribution in [3.05, 3.63) is 28.6 Å². The van der Waals surface area contributed by atoms with Gasteiger partial charge in [0.15, 0.2) is 0 Å². The number of nitrogens with two attached hydrogens (primary N) is 1. The lowest BCUT2D eigenvalue weighted by atomic mass is 9.92. The maximum Gasteiger partial charge on any atom is 0.262 e. The van der Waals surface area contributed by atoms with Crippen LogP contribution in [-0.4, -0.2) is 25.1 Å². The van der Waals surface area contributed by atoms with E-state index in [4.69, 9.17) is 10.5 Å². The molecule has 1 aromatic heterocycles. The van der Waals surface area contributed by atoms with Gasteiger partial charge >= 0.3 is 0 Å². The minimum Gasteiger partial charge on any atom is -0.497 e. The van der Waals surface area contributed by atoms with Crippen LogP contribution in [0.1, 0.15) is 41.9 Å². The number of aryl methyl sites for hydroxylation is 1. The number of thiophene rings is 1. The van der Waals surface area contributed by atoms with Gasteiger partial charge in [0.2, 0.25) is 0 Å². The molecule has 1 amide bonds. The molecular formula is C17H24N2O2S. The Labute approximate surface area is 135 Å². The first-order chi connectivity index (χ1) is 10.5. The van der Waals surface area contributed by atoms with E-state index < -0.39 is 0 Å². The molecule has 0 radical (unpaired) electrons. The molecule has 2 rings (SSSR count). The number of methoxy groups -OCH3 is 1. The Bertz CT molecular complexity index is 666. The van der Waals surface area contributed by atoms with Gasteiger partial charge in [-0.1, -0.05) is 13.8 Å². The minimum atomic E-state index is -0.322. The van der Waals surface area contributed by atoms with Crippen LogP contribution >= 0.6 is 11.3 Å². The van der Waals surface area contributed by atoms with Gasteiger partial charge in [-0.2, -0.15) is 0 Å². The maximum atomic E-state index is 12.7. The molecule has 0 aliphatic carbocycles. The molecule has 0 aliphatic rings. The van der Waals surface area contributed by atoms with Crippen LogP contribution in [-0.2, 0) is 0 Å². The van der Waals surface area contributed by atoms with Crippen LogP contribution in [0.2, 0.25) is 0 Å². The normalized spacial score (nSPS) is 11.7. The summed E-state index contributed by atoms with van der Waals surface area (Å²) in [5, 5.41) is 4.21. The second kappa shape index (κ2) is 6.67. The third-order valence-corrected chi connectivity index (χ3v) is 5.74. The lowest BCUT2D eigenvalue weighted by Gasteiger charge is -2.31. The number of fused-ring (bicyclic) bond motifs is 1. The van der Waals surface area contributed by atoms with Crippen molar-refractivity contribution in [1.29, 1.82) is 0 Å². The zero-order valence-corrected chi connectivity index (χ0v) is 14.5. The van der Waals surface area contributed by atoms with Crippen molar-refractivity contribution >= 4 is 27.3 Å². The number of rotatable bonds is 6. The summed E-state index contributed by atoms with van der Waals surface area (Å²) in [7, 11) is 1.65. The minimum absolute atomic E-state index is 0.0354. The highest BCUT2D eigenvalue weighted by Crippen LogP contribution is 2.33. The molecular weight excluding hydrogens is 296 g/mol. The summed E-state index contributed by atoms with van der Waals surface area (Å²) >= 11 is 1.51. The highest BCUT2D eigenvalue weighted by molar-refractivity contribution is 7.21. The predicted molar refractivity (Wildman–Crippen MR) is 92.9 cm³/mol. The van der Waals surface area contributed by atoms with Gasteiger partial charge in [0.1, 0.15) is 5.75 Å². The van der Waals surface area contributed by atoms with E-state index in [1.807, 2.05) is 25.1 Å². The van der Waals surface area contributed by atoms with Crippen LogP contribution in [0, 0.1) is 6.92 Å². The summed E-state index contributed by atoms with van der Waals surface area (Å²) < 4.78 is 6.36. The van der Waals surface area contributed by atoms with Gasteiger partial charge in [-0.05, 0) is 48.9 Å². The maximum absolute atomic E-state index is 12.7. The SMILES string of the molecule is CCC(CC)(CN)NC(=O)c1sc2ccc(OC)cc2c1C. The molecule has 3 N–H and O–H groups in total. The summed E-state index contributed by atoms with van der Waals surface area (Å²) in [6.07, 6.45) is 1.65. The second-order valence-electron chi connectivity index (χ2n) is 5.56. The molecule has 0 aliphatic heterocycles. The molecule has 0 bridgehead atoms. The molecule has 120 valence electrons. The zero-order valence-electron chi connectivity index (χ0n) is 13.7. The lowest BCUT2D eigenvalue weighted by molar-refractivity contribution is 0.0899. The molecule has 2 aromatic rings. The van der Waals surface area contributed by atoms with Crippen LogP contribution in [0.25, 0.3) is 10.1 Å². The number of hydrogen-bond acceptors (Lipinski definition) is 4. The summed E-state index contributed by atoms with van der Waals surface area (Å²) in [4.78, 5) is 13.4. The van der Waals surface area contributed by atoms with Crippen molar-refractivity contribution in [2.24, 2.45) is 5.73 Å². The number of carbonyl (C=O) groups is 1. The van der Waals surface area contributed by atoms with E-state index in [-0.39, 0.29) is 11.4 Å². The lowest BCUT2D eigenvalue weighted by Crippen LogP contribution is -2.52. The predicted octanol–water partition coefficient (Wildman–Crippen LogP) is 3.47. The van der Waals surface area contributed by atoms with Crippen molar-refractivity contribution in [2.45, 2.75) is 39.2 Å². The van der Waals surface area contributed by atoms with E-state index in [1.54, 1.807) is 7.11 Å². The van der Waals surface area contributed by atoms with Gasteiger partial charge < -0.3 is 15.8 Å². The number of hydrogen-bond donors (Lipinski definition) is 2. The van der Waals surface area contributed by atoms with Crippen molar-refractivity contribution in [1.82, 2.24) is 5.32 Å². The summed E-state index contributed by atoms with van der Waals surface area (Å²) in [5.41, 5.74) is 6.55. The molecule has 0 saturated heterocycles. The largest absolute Gasteiger partial charge is 0.497 e. The first-order valence-corrected chi connectivity index (χ1v) is 8.41. The van der Waals surface area contributed by atoms with Gasteiger partial charge in [-0.15, -0.1) is 11.3 Å². The summed E-state index contributed by atoms with van der Waals surface area (Å²) in [5.74, 6) is 0.769. The monoisotopic (exact) mass is 320 g/mol. The van der Waals surface area contributed by atoms with E-state index >= 15 is 0 Å². The highest BCUT2D eigenvalue weighted by atomic mass is 32.1. The quantitative estimate of drug-likeness (QED) is 0.856. The third-order valence-electron chi connectivity index (χ3n) is 4.47. The average molecular weight is 320 g/mol. The van der Waals surface area contributed by atoms with Gasteiger partial charge in [-0.25, -0.2) is 0 Å². The fraction of sp³-hybridized carbons (Fsp3) is 0.471. The van der Waals surface area contributed by atoms with E-state index in [9.17, 15) is 4.79 Å². The van der Waals surface area contributed by atoms with Crippen LogP contribution < -0.4 is 15.8 Å². The number of carbonyl (C=O) groups excluding carboxylic acids is 1. The van der Waals surface area contributed by atoms with Crippen molar-refractivity contribution in [2.75, 3.05) is 13.7 Å². The summed E-state index contributed by atoms with van der Waals surface area (Å²) in [6, 6.07) is 5.90. The molecule has 1 heterocycles. The molecule has 0 atom stereocenters. The number of nitrogens with one attached hydrogen (secondary N) is 1. The van der Waals surface area contributed by atoms with Gasteiger partial charge in [0, 0.05) is 11.2 Å². The van der Waals surface area contributed by atoms with Crippen LogP contribution in [0.3, 0.4) is 0 Å². The smallest absolute Gasteiger partial charge is 0.262 e. The molecule has 4 nitrogen and oxygen atoms in total. The van der Waals surface area contributed by atoms with E-state index in [0.29, 0.717) is 6.54 Å². The first kappa shape index (κ1) is 16.8. The topological polar surface area (TPSA) is 64.3 Å². The molecule has 5 heteroatoms. The Morgan fingerprint density at radius 3 is 2.59 bits per heavy atom. The van der Waals surface area contributed by atoms with Crippen molar-refractivity contribution in [3.63, 3.8) is 0 Å². The van der Waals surface area contributed by atoms with Gasteiger partial charge in [0.05, 0.1) is 17.5 Å².